The average molecular weight is 381 g/mol. The van der Waals surface area contributed by atoms with Gasteiger partial charge in [-0.2, -0.15) is 0 Å². The Bertz CT molecular complexity index is 1240. The standard InChI is InChI=1S/C22H16F3N2O/c1-2-12-6-7-13-19(10-12)27(11-15-16(23)8-9-17(24)21(15)25)18-5-3-4-14(20(13)18)22(26)28/h3-6,8-10H,2,11H2,1H3,(H2,26,28). The van der Waals surface area contributed by atoms with Crippen LogP contribution in [0.5, 0.6) is 0 Å². The summed E-state index contributed by atoms with van der Waals surface area (Å²) in [6.07, 6.45) is 0.735. The minimum absolute atomic E-state index is 0.237. The van der Waals surface area contributed by atoms with E-state index in [0.717, 1.165) is 24.1 Å². The van der Waals surface area contributed by atoms with Crippen molar-refractivity contribution >= 4 is 27.7 Å². The van der Waals surface area contributed by atoms with Crippen LogP contribution in [0, 0.1) is 23.5 Å². The van der Waals surface area contributed by atoms with Gasteiger partial charge in [0.05, 0.1) is 17.6 Å². The smallest absolute Gasteiger partial charge is 0.249 e. The first kappa shape index (κ1) is 18.1. The monoisotopic (exact) mass is 381 g/mol. The number of carbonyl (C=O) groups excluding carboxylic acids is 1. The molecule has 0 bridgehead atoms. The molecule has 2 N–H and O–H groups in total. The Morgan fingerprint density at radius 2 is 1.86 bits per heavy atom. The van der Waals surface area contributed by atoms with Crippen molar-refractivity contribution in [2.45, 2.75) is 19.9 Å². The molecule has 4 aromatic rings. The first-order valence-electron chi connectivity index (χ1n) is 8.80. The average Bonchev–Trinajstić information content (AvgIpc) is 3.01. The number of rotatable bonds is 4. The van der Waals surface area contributed by atoms with Crippen LogP contribution in [0.1, 0.15) is 28.4 Å². The Balaban J connectivity index is 2.08. The van der Waals surface area contributed by atoms with E-state index in [1.807, 2.05) is 19.1 Å². The molecule has 28 heavy (non-hydrogen) atoms. The topological polar surface area (TPSA) is 48.0 Å². The first-order valence-corrected chi connectivity index (χ1v) is 8.80. The molecule has 141 valence electrons. The van der Waals surface area contributed by atoms with Crippen LogP contribution >= 0.6 is 0 Å². The molecule has 1 amide bonds. The molecule has 1 aromatic heterocycles. The molecule has 0 aliphatic carbocycles. The van der Waals surface area contributed by atoms with Crippen molar-refractivity contribution in [2.75, 3.05) is 0 Å². The van der Waals surface area contributed by atoms with Crippen molar-refractivity contribution in [2.24, 2.45) is 5.73 Å². The lowest BCUT2D eigenvalue weighted by Crippen LogP contribution is -2.11. The second-order valence-corrected chi connectivity index (χ2v) is 6.59. The lowest BCUT2D eigenvalue weighted by molar-refractivity contribution is 0.100. The molecule has 1 radical (unpaired) electrons. The lowest BCUT2D eigenvalue weighted by Gasteiger charge is -2.11. The van der Waals surface area contributed by atoms with E-state index in [1.165, 1.54) is 0 Å². The van der Waals surface area contributed by atoms with Gasteiger partial charge in [-0.1, -0.05) is 19.1 Å². The van der Waals surface area contributed by atoms with E-state index in [-0.39, 0.29) is 12.1 Å². The third-order valence-electron chi connectivity index (χ3n) is 4.98. The maximum atomic E-state index is 14.3. The van der Waals surface area contributed by atoms with Crippen molar-refractivity contribution in [3.8, 4) is 0 Å². The van der Waals surface area contributed by atoms with Gasteiger partial charge in [-0.25, -0.2) is 13.2 Å². The summed E-state index contributed by atoms with van der Waals surface area (Å²) in [6, 6.07) is 13.5. The van der Waals surface area contributed by atoms with Gasteiger partial charge >= 0.3 is 0 Å². The van der Waals surface area contributed by atoms with Gasteiger partial charge in [-0.05, 0) is 48.4 Å². The number of primary amides is 1. The summed E-state index contributed by atoms with van der Waals surface area (Å²) in [6.45, 7) is 1.74. The summed E-state index contributed by atoms with van der Waals surface area (Å²) in [5.74, 6) is -3.79. The largest absolute Gasteiger partial charge is 0.366 e. The number of halogens is 3. The number of hydrogen-bond donors (Lipinski definition) is 1. The van der Waals surface area contributed by atoms with E-state index >= 15 is 0 Å². The van der Waals surface area contributed by atoms with Crippen molar-refractivity contribution in [1.29, 1.82) is 0 Å². The number of aromatic nitrogens is 1. The Hall–Kier alpha value is -3.28. The number of aryl methyl sites for hydroxylation is 1. The molecule has 3 aromatic carbocycles. The van der Waals surface area contributed by atoms with Crippen molar-refractivity contribution in [1.82, 2.24) is 4.57 Å². The molecule has 0 saturated heterocycles. The van der Waals surface area contributed by atoms with E-state index in [1.54, 1.807) is 22.8 Å². The Morgan fingerprint density at radius 3 is 2.57 bits per heavy atom. The minimum atomic E-state index is -1.23. The molecule has 3 nitrogen and oxygen atoms in total. The van der Waals surface area contributed by atoms with E-state index in [2.05, 4.69) is 6.07 Å². The Morgan fingerprint density at radius 1 is 1.11 bits per heavy atom. The van der Waals surface area contributed by atoms with Gasteiger partial charge < -0.3 is 10.3 Å². The third-order valence-corrected chi connectivity index (χ3v) is 4.98. The molecule has 0 aliphatic heterocycles. The SMILES string of the molecule is CCc1c[c]c2c3c(C(N)=O)cccc3n(Cc3c(F)ccc(F)c3F)c2c1. The van der Waals surface area contributed by atoms with E-state index in [9.17, 15) is 18.0 Å². The fraction of sp³-hybridized carbons (Fsp3) is 0.136. The van der Waals surface area contributed by atoms with Crippen LogP contribution in [0.25, 0.3) is 21.8 Å². The summed E-state index contributed by atoms with van der Waals surface area (Å²) in [4.78, 5) is 11.9. The van der Waals surface area contributed by atoms with E-state index in [0.29, 0.717) is 27.4 Å². The molecular weight excluding hydrogens is 365 g/mol. The highest BCUT2D eigenvalue weighted by atomic mass is 19.2. The van der Waals surface area contributed by atoms with Gasteiger partial charge in [0.2, 0.25) is 5.91 Å². The lowest BCUT2D eigenvalue weighted by atomic mass is 10.0. The summed E-state index contributed by atoms with van der Waals surface area (Å²) >= 11 is 0. The summed E-state index contributed by atoms with van der Waals surface area (Å²) in [7, 11) is 0. The van der Waals surface area contributed by atoms with Gasteiger partial charge in [0, 0.05) is 21.9 Å². The molecule has 4 rings (SSSR count). The van der Waals surface area contributed by atoms with Crippen LogP contribution < -0.4 is 5.73 Å². The quantitative estimate of drug-likeness (QED) is 0.511. The number of amides is 1. The van der Waals surface area contributed by atoms with Crippen LogP contribution in [0.2, 0.25) is 0 Å². The Labute approximate surface area is 159 Å². The minimum Gasteiger partial charge on any atom is -0.366 e. The van der Waals surface area contributed by atoms with Gasteiger partial charge in [0.15, 0.2) is 11.6 Å². The molecule has 6 heteroatoms. The summed E-state index contributed by atoms with van der Waals surface area (Å²) < 4.78 is 43.9. The molecule has 0 unspecified atom stereocenters. The Kier molecular flexibility index (Phi) is 4.34. The van der Waals surface area contributed by atoms with Crippen molar-refractivity contribution < 1.29 is 18.0 Å². The van der Waals surface area contributed by atoms with Gasteiger partial charge in [-0.3, -0.25) is 4.79 Å². The number of nitrogens with two attached hydrogens (primary N) is 1. The van der Waals surface area contributed by atoms with Gasteiger partial charge in [0.1, 0.15) is 5.82 Å². The van der Waals surface area contributed by atoms with Crippen LogP contribution in [-0.4, -0.2) is 10.5 Å². The molecule has 0 saturated carbocycles. The number of carbonyl (C=O) groups is 1. The highest BCUT2D eigenvalue weighted by Crippen LogP contribution is 2.33. The number of nitrogens with zero attached hydrogens (tertiary/aromatic N) is 1. The van der Waals surface area contributed by atoms with Crippen LogP contribution in [0.3, 0.4) is 0 Å². The van der Waals surface area contributed by atoms with E-state index in [4.69, 9.17) is 5.73 Å². The van der Waals surface area contributed by atoms with Crippen LogP contribution in [0.4, 0.5) is 13.2 Å². The second kappa shape index (κ2) is 6.71. The van der Waals surface area contributed by atoms with Gasteiger partial charge in [0.25, 0.3) is 0 Å². The normalized spacial score (nSPS) is 11.4. The maximum absolute atomic E-state index is 14.3. The maximum Gasteiger partial charge on any atom is 0.249 e. The van der Waals surface area contributed by atoms with Crippen LogP contribution in [-0.2, 0) is 13.0 Å². The number of hydrogen-bond acceptors (Lipinski definition) is 1. The summed E-state index contributed by atoms with van der Waals surface area (Å²) in [5.41, 5.74) is 7.62. The first-order chi connectivity index (χ1) is 13.4. The van der Waals surface area contributed by atoms with Crippen molar-refractivity contribution in [3.05, 3.63) is 82.7 Å². The highest BCUT2D eigenvalue weighted by Gasteiger charge is 2.20. The fourth-order valence-electron chi connectivity index (χ4n) is 3.55. The molecule has 0 spiro atoms. The zero-order valence-corrected chi connectivity index (χ0v) is 15.0. The molecule has 0 fully saturated rings. The predicted molar refractivity (Wildman–Crippen MR) is 102 cm³/mol. The fourth-order valence-corrected chi connectivity index (χ4v) is 3.55. The third kappa shape index (κ3) is 2.72. The molecule has 1 heterocycles. The molecule has 0 aliphatic rings. The highest BCUT2D eigenvalue weighted by molar-refractivity contribution is 6.17. The van der Waals surface area contributed by atoms with Crippen molar-refractivity contribution in [3.63, 3.8) is 0 Å². The number of benzene rings is 3. The van der Waals surface area contributed by atoms with Gasteiger partial charge in [-0.15, -0.1) is 0 Å². The molecule has 0 atom stereocenters. The number of fused-ring (bicyclic) bond motifs is 3. The van der Waals surface area contributed by atoms with E-state index < -0.39 is 23.4 Å². The molecular formula is C22H16F3N2O. The predicted octanol–water partition coefficient (Wildman–Crippen LogP) is 4.72. The summed E-state index contributed by atoms with van der Waals surface area (Å²) in [5, 5.41) is 1.18. The second-order valence-electron chi connectivity index (χ2n) is 6.59. The zero-order valence-electron chi connectivity index (χ0n) is 15.0. The van der Waals surface area contributed by atoms with Crippen LogP contribution in [0.15, 0.2) is 42.5 Å². The zero-order chi connectivity index (χ0) is 20.0.